The van der Waals surface area contributed by atoms with E-state index in [1.54, 1.807) is 20.1 Å². The molecule has 0 unspecified atom stereocenters. The van der Waals surface area contributed by atoms with Crippen molar-refractivity contribution in [1.82, 2.24) is 4.31 Å². The third-order valence-corrected chi connectivity index (χ3v) is 6.36. The summed E-state index contributed by atoms with van der Waals surface area (Å²) in [5.74, 6) is 0.846. The third kappa shape index (κ3) is 5.08. The van der Waals surface area contributed by atoms with Crippen LogP contribution in [0.4, 0.5) is 11.4 Å². The standard InChI is InChI=1S/C18H25N3O5S/c1-4-20(5-2)27(24,25)16-10-11-17(18(13-16)21(22)23)19-14(3)8-9-15-7-6-12-26-15/h6-7,10-14,19H,4-5,8-9H2,1-3H3/t14-/m1/s1. The first-order chi connectivity index (χ1) is 12.8. The van der Waals surface area contributed by atoms with Crippen LogP contribution in [0.3, 0.4) is 0 Å². The molecule has 1 atom stereocenters. The van der Waals surface area contributed by atoms with Crippen LogP contribution in [-0.4, -0.2) is 36.8 Å². The van der Waals surface area contributed by atoms with Crippen LogP contribution in [0.5, 0.6) is 0 Å². The van der Waals surface area contributed by atoms with Gasteiger partial charge in [-0.1, -0.05) is 13.8 Å². The van der Waals surface area contributed by atoms with Gasteiger partial charge in [-0.2, -0.15) is 4.31 Å². The summed E-state index contributed by atoms with van der Waals surface area (Å²) in [6, 6.07) is 7.61. The highest BCUT2D eigenvalue weighted by atomic mass is 32.2. The lowest BCUT2D eigenvalue weighted by atomic mass is 10.1. The Balaban J connectivity index is 2.21. The summed E-state index contributed by atoms with van der Waals surface area (Å²) in [6.07, 6.45) is 3.01. The fraction of sp³-hybridized carbons (Fsp3) is 0.444. The normalized spacial score (nSPS) is 12.9. The molecule has 0 saturated heterocycles. The van der Waals surface area contributed by atoms with Crippen LogP contribution in [-0.2, 0) is 16.4 Å². The number of rotatable bonds is 10. The smallest absolute Gasteiger partial charge is 0.293 e. The van der Waals surface area contributed by atoms with E-state index in [0.717, 1.165) is 11.8 Å². The average molecular weight is 395 g/mol. The van der Waals surface area contributed by atoms with E-state index in [9.17, 15) is 18.5 Å². The van der Waals surface area contributed by atoms with Crippen molar-refractivity contribution in [1.29, 1.82) is 0 Å². The predicted molar refractivity (Wildman–Crippen MR) is 103 cm³/mol. The Morgan fingerprint density at radius 3 is 2.52 bits per heavy atom. The summed E-state index contributed by atoms with van der Waals surface area (Å²) in [5, 5.41) is 14.6. The zero-order valence-electron chi connectivity index (χ0n) is 15.7. The minimum atomic E-state index is -3.75. The van der Waals surface area contributed by atoms with E-state index in [-0.39, 0.29) is 16.6 Å². The van der Waals surface area contributed by atoms with Crippen molar-refractivity contribution in [2.24, 2.45) is 0 Å². The van der Waals surface area contributed by atoms with Gasteiger partial charge in [0.05, 0.1) is 16.1 Å². The van der Waals surface area contributed by atoms with E-state index in [1.165, 1.54) is 16.4 Å². The van der Waals surface area contributed by atoms with Crippen LogP contribution in [0.2, 0.25) is 0 Å². The zero-order valence-corrected chi connectivity index (χ0v) is 16.5. The van der Waals surface area contributed by atoms with Gasteiger partial charge in [-0.3, -0.25) is 10.1 Å². The van der Waals surface area contributed by atoms with Crippen molar-refractivity contribution in [2.45, 2.75) is 44.6 Å². The second-order valence-corrected chi connectivity index (χ2v) is 8.13. The molecule has 8 nitrogen and oxygen atoms in total. The highest BCUT2D eigenvalue weighted by Gasteiger charge is 2.26. The van der Waals surface area contributed by atoms with Crippen molar-refractivity contribution in [3.63, 3.8) is 0 Å². The maximum Gasteiger partial charge on any atom is 0.293 e. The molecule has 2 rings (SSSR count). The first-order valence-corrected chi connectivity index (χ1v) is 10.3. The Morgan fingerprint density at radius 1 is 1.26 bits per heavy atom. The van der Waals surface area contributed by atoms with Crippen LogP contribution in [0.1, 0.15) is 33.0 Å². The van der Waals surface area contributed by atoms with Gasteiger partial charge in [0, 0.05) is 31.6 Å². The van der Waals surface area contributed by atoms with E-state index >= 15 is 0 Å². The number of nitrogens with one attached hydrogen (secondary N) is 1. The highest BCUT2D eigenvalue weighted by molar-refractivity contribution is 7.89. The minimum Gasteiger partial charge on any atom is -0.469 e. The van der Waals surface area contributed by atoms with Gasteiger partial charge in [0.2, 0.25) is 10.0 Å². The van der Waals surface area contributed by atoms with Crippen molar-refractivity contribution in [3.8, 4) is 0 Å². The average Bonchev–Trinajstić information content (AvgIpc) is 3.14. The number of furan rings is 1. The van der Waals surface area contributed by atoms with Crippen LogP contribution in [0.15, 0.2) is 45.9 Å². The minimum absolute atomic E-state index is 0.0564. The van der Waals surface area contributed by atoms with Crippen molar-refractivity contribution < 1.29 is 17.8 Å². The number of hydrogen-bond acceptors (Lipinski definition) is 6. The maximum absolute atomic E-state index is 12.6. The molecule has 0 radical (unpaired) electrons. The summed E-state index contributed by atoms with van der Waals surface area (Å²) in [7, 11) is -3.75. The van der Waals surface area contributed by atoms with Crippen LogP contribution in [0.25, 0.3) is 0 Å². The third-order valence-electron chi connectivity index (χ3n) is 4.31. The number of nitrogens with zero attached hydrogens (tertiary/aromatic N) is 2. The van der Waals surface area contributed by atoms with E-state index in [0.29, 0.717) is 31.6 Å². The van der Waals surface area contributed by atoms with Gasteiger partial charge >= 0.3 is 0 Å². The molecule has 0 aliphatic rings. The Morgan fingerprint density at radius 2 is 1.96 bits per heavy atom. The highest BCUT2D eigenvalue weighted by Crippen LogP contribution is 2.30. The van der Waals surface area contributed by atoms with Crippen LogP contribution in [0, 0.1) is 10.1 Å². The molecule has 0 bridgehead atoms. The predicted octanol–water partition coefficient (Wildman–Crippen LogP) is 3.65. The van der Waals surface area contributed by atoms with Crippen LogP contribution < -0.4 is 5.32 Å². The molecule has 0 fully saturated rings. The Hall–Kier alpha value is -2.39. The first kappa shape index (κ1) is 20.9. The summed E-state index contributed by atoms with van der Waals surface area (Å²) in [6.45, 7) is 5.97. The molecule has 1 aromatic heterocycles. The Labute approximate surface area is 159 Å². The largest absolute Gasteiger partial charge is 0.469 e. The van der Waals surface area contributed by atoms with Gasteiger partial charge in [0.25, 0.3) is 5.69 Å². The fourth-order valence-electron chi connectivity index (χ4n) is 2.81. The monoisotopic (exact) mass is 395 g/mol. The molecule has 0 aliphatic carbocycles. The second-order valence-electron chi connectivity index (χ2n) is 6.19. The molecule has 0 saturated carbocycles. The van der Waals surface area contributed by atoms with Crippen molar-refractivity contribution >= 4 is 21.4 Å². The van der Waals surface area contributed by atoms with E-state index in [4.69, 9.17) is 4.42 Å². The number of sulfonamides is 1. The molecule has 148 valence electrons. The molecule has 1 aromatic carbocycles. The molecule has 1 N–H and O–H groups in total. The van der Waals surface area contributed by atoms with E-state index in [1.807, 2.05) is 19.1 Å². The SMILES string of the molecule is CCN(CC)S(=O)(=O)c1ccc(N[C@H](C)CCc2ccco2)c([N+](=O)[O-])c1. The zero-order chi connectivity index (χ0) is 20.0. The van der Waals surface area contributed by atoms with E-state index < -0.39 is 14.9 Å². The van der Waals surface area contributed by atoms with Crippen LogP contribution >= 0.6 is 0 Å². The maximum atomic E-state index is 12.6. The fourth-order valence-corrected chi connectivity index (χ4v) is 4.29. The molecule has 0 amide bonds. The van der Waals surface area contributed by atoms with Gasteiger partial charge in [-0.25, -0.2) is 8.42 Å². The van der Waals surface area contributed by atoms with Crippen molar-refractivity contribution in [2.75, 3.05) is 18.4 Å². The lowest BCUT2D eigenvalue weighted by Crippen LogP contribution is -2.30. The molecule has 2 aromatic rings. The quantitative estimate of drug-likeness (QED) is 0.486. The molecule has 0 aliphatic heterocycles. The number of aryl methyl sites for hydroxylation is 1. The van der Waals surface area contributed by atoms with Gasteiger partial charge in [-0.05, 0) is 37.6 Å². The number of nitro groups is 1. The van der Waals surface area contributed by atoms with E-state index in [2.05, 4.69) is 5.32 Å². The lowest BCUT2D eigenvalue weighted by molar-refractivity contribution is -0.384. The van der Waals surface area contributed by atoms with Crippen molar-refractivity contribution in [3.05, 3.63) is 52.5 Å². The molecule has 0 spiro atoms. The Kier molecular flexibility index (Phi) is 6.98. The summed E-state index contributed by atoms with van der Waals surface area (Å²) >= 11 is 0. The van der Waals surface area contributed by atoms with Gasteiger partial charge in [0.1, 0.15) is 11.4 Å². The molecule has 27 heavy (non-hydrogen) atoms. The summed E-state index contributed by atoms with van der Waals surface area (Å²) < 4.78 is 31.8. The summed E-state index contributed by atoms with van der Waals surface area (Å²) in [4.78, 5) is 10.8. The Bertz CT molecular complexity index is 861. The second kappa shape index (κ2) is 9.01. The number of anilines is 1. The molecule has 9 heteroatoms. The molecular weight excluding hydrogens is 370 g/mol. The summed E-state index contributed by atoms with van der Waals surface area (Å²) in [5.41, 5.74) is 0.0403. The lowest BCUT2D eigenvalue weighted by Gasteiger charge is -2.19. The van der Waals surface area contributed by atoms with Gasteiger partial charge in [-0.15, -0.1) is 0 Å². The molecule has 1 heterocycles. The molecular formula is C18H25N3O5S. The number of benzene rings is 1. The number of nitro benzene ring substituents is 1. The first-order valence-electron chi connectivity index (χ1n) is 8.87. The van der Waals surface area contributed by atoms with Gasteiger partial charge < -0.3 is 9.73 Å². The topological polar surface area (TPSA) is 106 Å². The van der Waals surface area contributed by atoms with Gasteiger partial charge in [0.15, 0.2) is 0 Å². The number of hydrogen-bond donors (Lipinski definition) is 1.